The van der Waals surface area contributed by atoms with Crippen LogP contribution >= 0.6 is 24.0 Å². The van der Waals surface area contributed by atoms with Gasteiger partial charge in [-0.25, -0.2) is 4.99 Å². The van der Waals surface area contributed by atoms with Crippen LogP contribution in [0.15, 0.2) is 29.3 Å². The fraction of sp³-hybridized carbons (Fsp3) is 0.682. The van der Waals surface area contributed by atoms with Crippen LogP contribution in [0.1, 0.15) is 50.7 Å². The third kappa shape index (κ3) is 6.88. The molecule has 2 fully saturated rings. The summed E-state index contributed by atoms with van der Waals surface area (Å²) in [4.78, 5) is 7.30. The number of aryl methyl sites for hydroxylation is 1. The third-order valence-corrected chi connectivity index (χ3v) is 5.52. The van der Waals surface area contributed by atoms with E-state index in [1.807, 2.05) is 0 Å². The quantitative estimate of drug-likeness (QED) is 0.349. The molecule has 0 spiro atoms. The molecule has 2 saturated heterocycles. The molecule has 0 bridgehead atoms. The third-order valence-electron chi connectivity index (χ3n) is 5.52. The van der Waals surface area contributed by atoms with Crippen molar-refractivity contribution in [2.75, 3.05) is 32.8 Å². The highest BCUT2D eigenvalue weighted by molar-refractivity contribution is 14.0. The van der Waals surface area contributed by atoms with Crippen LogP contribution in [0.4, 0.5) is 0 Å². The largest absolute Gasteiger partial charge is 0.376 e. The van der Waals surface area contributed by atoms with Gasteiger partial charge in [-0.2, -0.15) is 0 Å². The molecule has 158 valence electrons. The van der Waals surface area contributed by atoms with Crippen molar-refractivity contribution in [1.29, 1.82) is 0 Å². The van der Waals surface area contributed by atoms with Crippen LogP contribution < -0.4 is 5.32 Å². The van der Waals surface area contributed by atoms with Crippen LogP contribution in [0.25, 0.3) is 0 Å². The van der Waals surface area contributed by atoms with Crippen molar-refractivity contribution in [3.05, 3.63) is 35.4 Å². The maximum absolute atomic E-state index is 6.10. The number of rotatable bonds is 7. The molecule has 5 nitrogen and oxygen atoms in total. The van der Waals surface area contributed by atoms with Crippen molar-refractivity contribution in [1.82, 2.24) is 10.2 Å². The summed E-state index contributed by atoms with van der Waals surface area (Å²) in [5.41, 5.74) is 2.71. The van der Waals surface area contributed by atoms with Gasteiger partial charge < -0.3 is 19.7 Å². The minimum atomic E-state index is 0. The lowest BCUT2D eigenvalue weighted by atomic mass is 10.1. The highest BCUT2D eigenvalue weighted by Crippen LogP contribution is 2.18. The van der Waals surface area contributed by atoms with Gasteiger partial charge in [0, 0.05) is 26.2 Å². The number of nitrogens with zero attached hydrogens (tertiary/aromatic N) is 2. The number of aliphatic imine (C=N–C) groups is 1. The summed E-state index contributed by atoms with van der Waals surface area (Å²) in [6.45, 7) is 9.62. The van der Waals surface area contributed by atoms with Crippen LogP contribution in [0, 0.1) is 0 Å². The van der Waals surface area contributed by atoms with E-state index in [-0.39, 0.29) is 24.0 Å². The van der Waals surface area contributed by atoms with E-state index in [1.165, 1.54) is 17.5 Å². The summed E-state index contributed by atoms with van der Waals surface area (Å²) in [5.74, 6) is 1.03. The summed E-state index contributed by atoms with van der Waals surface area (Å²) in [7, 11) is 0. The maximum Gasteiger partial charge on any atom is 0.194 e. The zero-order valence-electron chi connectivity index (χ0n) is 17.4. The molecule has 28 heavy (non-hydrogen) atoms. The molecule has 3 rings (SSSR count). The number of benzene rings is 1. The number of piperidine rings is 1. The number of nitrogens with one attached hydrogen (secondary N) is 1. The first-order chi connectivity index (χ1) is 13.3. The van der Waals surface area contributed by atoms with Crippen LogP contribution in [0.5, 0.6) is 0 Å². The Labute approximate surface area is 187 Å². The van der Waals surface area contributed by atoms with Crippen molar-refractivity contribution in [3.8, 4) is 0 Å². The summed E-state index contributed by atoms with van der Waals surface area (Å²) in [6.07, 6.45) is 6.17. The van der Waals surface area contributed by atoms with E-state index in [0.29, 0.717) is 12.2 Å². The SMILES string of the molecule is CCNC(=NCc1ccccc1CC)N1CCC(OCC2CCCO2)CC1.I. The Kier molecular flexibility index (Phi) is 10.6. The van der Waals surface area contributed by atoms with E-state index < -0.39 is 0 Å². The van der Waals surface area contributed by atoms with Gasteiger partial charge in [-0.15, -0.1) is 24.0 Å². The van der Waals surface area contributed by atoms with Crippen LogP contribution in [0.2, 0.25) is 0 Å². The van der Waals surface area contributed by atoms with Gasteiger partial charge in [-0.1, -0.05) is 31.2 Å². The van der Waals surface area contributed by atoms with Gasteiger partial charge in [-0.05, 0) is 50.2 Å². The molecule has 1 unspecified atom stereocenters. The molecule has 2 aliphatic heterocycles. The van der Waals surface area contributed by atoms with Gasteiger partial charge in [-0.3, -0.25) is 0 Å². The van der Waals surface area contributed by atoms with Crippen LogP contribution in [-0.2, 0) is 22.4 Å². The molecular formula is C22H36IN3O2. The average molecular weight is 501 g/mol. The first kappa shape index (κ1) is 23.4. The minimum Gasteiger partial charge on any atom is -0.376 e. The first-order valence-electron chi connectivity index (χ1n) is 10.6. The van der Waals surface area contributed by atoms with Gasteiger partial charge >= 0.3 is 0 Å². The second-order valence-electron chi connectivity index (χ2n) is 7.45. The predicted molar refractivity (Wildman–Crippen MR) is 126 cm³/mol. The van der Waals surface area contributed by atoms with Crippen molar-refractivity contribution in [2.45, 2.75) is 64.7 Å². The molecule has 2 heterocycles. The number of likely N-dealkylation sites (tertiary alicyclic amines) is 1. The van der Waals surface area contributed by atoms with Crippen molar-refractivity contribution in [2.24, 2.45) is 4.99 Å². The molecule has 1 aromatic rings. The molecule has 1 atom stereocenters. The molecule has 0 amide bonds. The number of halogens is 1. The summed E-state index contributed by atoms with van der Waals surface area (Å²) < 4.78 is 11.8. The fourth-order valence-electron chi connectivity index (χ4n) is 3.90. The van der Waals surface area contributed by atoms with Crippen molar-refractivity contribution < 1.29 is 9.47 Å². The lowest BCUT2D eigenvalue weighted by molar-refractivity contribution is -0.0367. The zero-order valence-corrected chi connectivity index (χ0v) is 19.7. The van der Waals surface area contributed by atoms with E-state index in [0.717, 1.165) is 71.0 Å². The van der Waals surface area contributed by atoms with Gasteiger partial charge in [0.25, 0.3) is 0 Å². The molecule has 1 N–H and O–H groups in total. The van der Waals surface area contributed by atoms with E-state index >= 15 is 0 Å². The van der Waals surface area contributed by atoms with Crippen LogP contribution in [0.3, 0.4) is 0 Å². The highest BCUT2D eigenvalue weighted by atomic mass is 127. The number of hydrogen-bond acceptors (Lipinski definition) is 3. The second kappa shape index (κ2) is 12.6. The van der Waals surface area contributed by atoms with Gasteiger partial charge in [0.1, 0.15) is 0 Å². The normalized spacial score (nSPS) is 20.9. The van der Waals surface area contributed by atoms with Gasteiger partial charge in [0.05, 0.1) is 25.4 Å². The Hall–Kier alpha value is -0.860. The van der Waals surface area contributed by atoms with Gasteiger partial charge in [0.15, 0.2) is 5.96 Å². The lowest BCUT2D eigenvalue weighted by Crippen LogP contribution is -2.47. The van der Waals surface area contributed by atoms with E-state index in [9.17, 15) is 0 Å². The number of guanidine groups is 1. The first-order valence-corrected chi connectivity index (χ1v) is 10.6. The second-order valence-corrected chi connectivity index (χ2v) is 7.45. The van der Waals surface area contributed by atoms with Gasteiger partial charge in [0.2, 0.25) is 0 Å². The fourth-order valence-corrected chi connectivity index (χ4v) is 3.90. The lowest BCUT2D eigenvalue weighted by Gasteiger charge is -2.34. The monoisotopic (exact) mass is 501 g/mol. The molecule has 0 radical (unpaired) electrons. The van der Waals surface area contributed by atoms with E-state index in [4.69, 9.17) is 14.5 Å². The standard InChI is InChI=1S/C22H35N3O2.HI/c1-3-18-8-5-6-9-19(18)16-24-22(23-4-2)25-13-11-20(12-14-25)27-17-21-10-7-15-26-21;/h5-6,8-9,20-21H,3-4,7,10-17H2,1-2H3,(H,23,24);1H. The summed E-state index contributed by atoms with van der Waals surface area (Å²) in [5, 5.41) is 3.47. The Morgan fingerprint density at radius 1 is 1.18 bits per heavy atom. The topological polar surface area (TPSA) is 46.1 Å². The zero-order chi connectivity index (χ0) is 18.9. The number of hydrogen-bond donors (Lipinski definition) is 1. The summed E-state index contributed by atoms with van der Waals surface area (Å²) >= 11 is 0. The molecule has 2 aliphatic rings. The van der Waals surface area contributed by atoms with Crippen molar-refractivity contribution in [3.63, 3.8) is 0 Å². The Morgan fingerprint density at radius 2 is 1.93 bits per heavy atom. The molecule has 1 aromatic carbocycles. The highest BCUT2D eigenvalue weighted by Gasteiger charge is 2.24. The predicted octanol–water partition coefficient (Wildman–Crippen LogP) is 3.99. The maximum atomic E-state index is 6.10. The molecule has 0 saturated carbocycles. The van der Waals surface area contributed by atoms with E-state index in [2.05, 4.69) is 48.3 Å². The number of ether oxygens (including phenoxy) is 2. The Bertz CT molecular complexity index is 597. The van der Waals surface area contributed by atoms with Crippen LogP contribution in [-0.4, -0.2) is 55.9 Å². The minimum absolute atomic E-state index is 0. The van der Waals surface area contributed by atoms with Crippen molar-refractivity contribution >= 4 is 29.9 Å². The Balaban J connectivity index is 0.00000280. The summed E-state index contributed by atoms with van der Waals surface area (Å²) in [6, 6.07) is 8.61. The average Bonchev–Trinajstić information content (AvgIpc) is 3.24. The molecule has 0 aliphatic carbocycles. The molecule has 0 aromatic heterocycles. The smallest absolute Gasteiger partial charge is 0.194 e. The van der Waals surface area contributed by atoms with E-state index in [1.54, 1.807) is 0 Å². The molecule has 6 heteroatoms. The Morgan fingerprint density at radius 3 is 2.57 bits per heavy atom. The molecular weight excluding hydrogens is 465 g/mol.